The third-order valence-electron chi connectivity index (χ3n) is 3.29. The second kappa shape index (κ2) is 8.86. The number of urea groups is 1. The molecule has 4 N–H and O–H groups in total. The fourth-order valence-corrected chi connectivity index (χ4v) is 2.04. The third kappa shape index (κ3) is 5.09. The van der Waals surface area contributed by atoms with Crippen molar-refractivity contribution in [2.24, 2.45) is 0 Å². The number of anilines is 2. The number of nitriles is 1. The van der Waals surface area contributed by atoms with Gasteiger partial charge in [-0.2, -0.15) is 5.26 Å². The number of benzene rings is 2. The maximum atomic E-state index is 12.1. The van der Waals surface area contributed by atoms with E-state index in [-0.39, 0.29) is 0 Å². The van der Waals surface area contributed by atoms with Crippen LogP contribution in [-0.4, -0.2) is 24.3 Å². The molecule has 0 aliphatic rings. The molecule has 0 bridgehead atoms. The molecule has 0 radical (unpaired) electrons. The van der Waals surface area contributed by atoms with Gasteiger partial charge in [0.2, 0.25) is 0 Å². The Kier molecular flexibility index (Phi) is 6.31. The number of carbonyl (C=O) groups is 2. The van der Waals surface area contributed by atoms with Gasteiger partial charge in [0.15, 0.2) is 0 Å². The van der Waals surface area contributed by atoms with Crippen molar-refractivity contribution >= 4 is 29.4 Å². The summed E-state index contributed by atoms with van der Waals surface area (Å²) < 4.78 is 5.09. The lowest BCUT2D eigenvalue weighted by atomic mass is 10.2. The van der Waals surface area contributed by atoms with Gasteiger partial charge >= 0.3 is 6.03 Å². The number of amides is 3. The maximum absolute atomic E-state index is 12.1. The van der Waals surface area contributed by atoms with Gasteiger partial charge in [-0.05, 0) is 35.9 Å². The van der Waals surface area contributed by atoms with Gasteiger partial charge in [-0.1, -0.05) is 12.1 Å². The maximum Gasteiger partial charge on any atom is 0.323 e. The van der Waals surface area contributed by atoms with Gasteiger partial charge in [0.25, 0.3) is 5.91 Å². The number of methoxy groups -OCH3 is 1. The highest BCUT2D eigenvalue weighted by Crippen LogP contribution is 2.22. The second-order valence-corrected chi connectivity index (χ2v) is 5.04. The van der Waals surface area contributed by atoms with Crippen LogP contribution in [-0.2, 0) is 4.79 Å². The van der Waals surface area contributed by atoms with E-state index in [4.69, 9.17) is 15.2 Å². The van der Waals surface area contributed by atoms with Crippen LogP contribution in [0.25, 0.3) is 6.08 Å². The number of hydrogen-bond donors (Lipinski definition) is 4. The van der Waals surface area contributed by atoms with E-state index in [2.05, 4.69) is 10.6 Å². The summed E-state index contributed by atoms with van der Waals surface area (Å²) in [5.74, 6) is -0.266. The van der Waals surface area contributed by atoms with Crippen LogP contribution in [0.2, 0.25) is 0 Å². The summed E-state index contributed by atoms with van der Waals surface area (Å²) in [5, 5.41) is 22.7. The first kappa shape index (κ1) is 18.5. The fourth-order valence-electron chi connectivity index (χ4n) is 2.04. The smallest absolute Gasteiger partial charge is 0.323 e. The lowest BCUT2D eigenvalue weighted by Crippen LogP contribution is -2.19. The van der Waals surface area contributed by atoms with Crippen molar-refractivity contribution in [2.45, 2.75) is 0 Å². The monoisotopic (exact) mass is 352 g/mol. The standard InChI is InChI=1S/C18H16N4O4/c1-26-16-10-15(8-5-13(16)11-19)21-18(24)20-14-6-2-12(3-7-14)4-9-17(23)22-25/h2-10,25H,1H3,(H,22,23)(H2,20,21,24)/b9-4+. The fraction of sp³-hybridized carbons (Fsp3) is 0.0556. The molecule has 2 aromatic carbocycles. The summed E-state index contributed by atoms with van der Waals surface area (Å²) in [7, 11) is 1.44. The number of nitrogens with zero attached hydrogens (tertiary/aromatic N) is 1. The van der Waals surface area contributed by atoms with Crippen molar-refractivity contribution in [2.75, 3.05) is 17.7 Å². The molecule has 0 aliphatic carbocycles. The topological polar surface area (TPSA) is 123 Å². The molecule has 0 fully saturated rings. The summed E-state index contributed by atoms with van der Waals surface area (Å²) in [4.78, 5) is 23.0. The number of hydrogen-bond acceptors (Lipinski definition) is 5. The predicted molar refractivity (Wildman–Crippen MR) is 95.8 cm³/mol. The molecule has 8 nitrogen and oxygen atoms in total. The van der Waals surface area contributed by atoms with Gasteiger partial charge in [0.1, 0.15) is 11.8 Å². The van der Waals surface area contributed by atoms with Gasteiger partial charge in [-0.3, -0.25) is 10.0 Å². The van der Waals surface area contributed by atoms with E-state index >= 15 is 0 Å². The summed E-state index contributed by atoms with van der Waals surface area (Å²) in [6.07, 6.45) is 2.69. The lowest BCUT2D eigenvalue weighted by molar-refractivity contribution is -0.124. The molecule has 2 aromatic rings. The van der Waals surface area contributed by atoms with E-state index in [1.54, 1.807) is 42.5 Å². The van der Waals surface area contributed by atoms with Crippen LogP contribution >= 0.6 is 0 Å². The van der Waals surface area contributed by atoms with Crippen molar-refractivity contribution < 1.29 is 19.5 Å². The minimum Gasteiger partial charge on any atom is -0.495 e. The molecule has 2 rings (SSSR count). The number of rotatable bonds is 5. The van der Waals surface area contributed by atoms with Crippen LogP contribution in [0.5, 0.6) is 5.75 Å². The number of nitrogens with one attached hydrogen (secondary N) is 3. The van der Waals surface area contributed by atoms with Crippen LogP contribution in [0, 0.1) is 11.3 Å². The first-order chi connectivity index (χ1) is 12.5. The Morgan fingerprint density at radius 1 is 1.12 bits per heavy atom. The summed E-state index contributed by atoms with van der Waals surface area (Å²) in [6, 6.07) is 13.0. The highest BCUT2D eigenvalue weighted by molar-refractivity contribution is 6.00. The van der Waals surface area contributed by atoms with Crippen molar-refractivity contribution in [1.82, 2.24) is 5.48 Å². The molecule has 0 saturated carbocycles. The van der Waals surface area contributed by atoms with Crippen LogP contribution < -0.4 is 20.9 Å². The Morgan fingerprint density at radius 3 is 2.38 bits per heavy atom. The molecule has 8 heteroatoms. The van der Waals surface area contributed by atoms with Crippen molar-refractivity contribution in [1.29, 1.82) is 5.26 Å². The average Bonchev–Trinajstić information content (AvgIpc) is 2.66. The van der Waals surface area contributed by atoms with Crippen LogP contribution in [0.1, 0.15) is 11.1 Å². The molecule has 0 aliphatic heterocycles. The van der Waals surface area contributed by atoms with E-state index in [9.17, 15) is 9.59 Å². The van der Waals surface area contributed by atoms with Gasteiger partial charge in [-0.15, -0.1) is 0 Å². The van der Waals surface area contributed by atoms with Crippen LogP contribution in [0.15, 0.2) is 48.5 Å². The summed E-state index contributed by atoms with van der Waals surface area (Å²) in [5.41, 5.74) is 3.61. The third-order valence-corrected chi connectivity index (χ3v) is 3.29. The highest BCUT2D eigenvalue weighted by atomic mass is 16.5. The van der Waals surface area contributed by atoms with Crippen LogP contribution in [0.3, 0.4) is 0 Å². The Balaban J connectivity index is 1.99. The molecule has 3 amide bonds. The van der Waals surface area contributed by atoms with Crippen molar-refractivity contribution in [3.05, 3.63) is 59.7 Å². The van der Waals surface area contributed by atoms with Gasteiger partial charge in [-0.25, -0.2) is 10.3 Å². The largest absolute Gasteiger partial charge is 0.495 e. The summed E-state index contributed by atoms with van der Waals surface area (Å²) >= 11 is 0. The minimum atomic E-state index is -0.635. The second-order valence-electron chi connectivity index (χ2n) is 5.04. The highest BCUT2D eigenvalue weighted by Gasteiger charge is 2.07. The van der Waals surface area contributed by atoms with Gasteiger partial charge in [0.05, 0.1) is 12.7 Å². The zero-order valence-corrected chi connectivity index (χ0v) is 13.8. The molecular weight excluding hydrogens is 336 g/mol. The van der Waals surface area contributed by atoms with Gasteiger partial charge in [0, 0.05) is 23.5 Å². The number of carbonyl (C=O) groups excluding carboxylic acids is 2. The lowest BCUT2D eigenvalue weighted by Gasteiger charge is -2.10. The Bertz CT molecular complexity index is 870. The van der Waals surface area contributed by atoms with Crippen LogP contribution in [0.4, 0.5) is 16.2 Å². The number of ether oxygens (including phenoxy) is 1. The average molecular weight is 352 g/mol. The predicted octanol–water partition coefficient (Wildman–Crippen LogP) is 2.73. The van der Waals surface area contributed by atoms with Crippen molar-refractivity contribution in [3.8, 4) is 11.8 Å². The minimum absolute atomic E-state index is 0.369. The molecule has 0 atom stereocenters. The quantitative estimate of drug-likeness (QED) is 0.374. The van der Waals surface area contributed by atoms with E-state index in [0.29, 0.717) is 22.7 Å². The normalized spacial score (nSPS) is 10.0. The Hall–Kier alpha value is -3.83. The molecule has 0 saturated heterocycles. The first-order valence-corrected chi connectivity index (χ1v) is 7.44. The first-order valence-electron chi connectivity index (χ1n) is 7.44. The zero-order chi connectivity index (χ0) is 18.9. The Morgan fingerprint density at radius 2 is 1.77 bits per heavy atom. The number of hydroxylamine groups is 1. The molecule has 0 spiro atoms. The zero-order valence-electron chi connectivity index (χ0n) is 13.8. The van der Waals surface area contributed by atoms with Crippen molar-refractivity contribution in [3.63, 3.8) is 0 Å². The molecule has 0 heterocycles. The van der Waals surface area contributed by atoms with E-state index in [1.165, 1.54) is 24.7 Å². The summed E-state index contributed by atoms with van der Waals surface area (Å²) in [6.45, 7) is 0. The van der Waals surface area contributed by atoms with E-state index in [1.807, 2.05) is 6.07 Å². The van der Waals surface area contributed by atoms with E-state index in [0.717, 1.165) is 5.56 Å². The molecule has 0 aromatic heterocycles. The SMILES string of the molecule is COc1cc(NC(=O)Nc2ccc(/C=C/C(=O)NO)cc2)ccc1C#N. The molecule has 0 unspecified atom stereocenters. The van der Waals surface area contributed by atoms with Gasteiger partial charge < -0.3 is 15.4 Å². The Labute approximate surface area is 149 Å². The molecular formula is C18H16N4O4. The molecule has 26 heavy (non-hydrogen) atoms. The van der Waals surface area contributed by atoms with E-state index < -0.39 is 11.9 Å². The molecule has 132 valence electrons.